The van der Waals surface area contributed by atoms with Crippen LogP contribution in [0.4, 0.5) is 4.79 Å². The molecule has 0 saturated heterocycles. The number of ether oxygens (including phenoxy) is 4. The van der Waals surface area contributed by atoms with Crippen LogP contribution in [0.2, 0.25) is 0 Å². The van der Waals surface area contributed by atoms with Gasteiger partial charge < -0.3 is 24.7 Å². The number of hydrogen-bond acceptors (Lipinski definition) is 6. The lowest BCUT2D eigenvalue weighted by Gasteiger charge is -2.14. The fraction of sp³-hybridized carbons (Fsp3) is 0.222. The molecule has 27 heavy (non-hydrogen) atoms. The minimum atomic E-state index is -0.732. The number of amides is 2. The van der Waals surface area contributed by atoms with E-state index in [0.29, 0.717) is 30.5 Å². The van der Waals surface area contributed by atoms with Gasteiger partial charge in [0, 0.05) is 6.07 Å². The molecule has 0 saturated carbocycles. The lowest BCUT2D eigenvalue weighted by atomic mass is 10.2. The van der Waals surface area contributed by atoms with Gasteiger partial charge >= 0.3 is 6.03 Å². The van der Waals surface area contributed by atoms with E-state index in [-0.39, 0.29) is 0 Å². The summed E-state index contributed by atoms with van der Waals surface area (Å²) < 4.78 is 22.8. The van der Waals surface area contributed by atoms with E-state index >= 15 is 0 Å². The van der Waals surface area contributed by atoms with E-state index in [1.165, 1.54) is 6.21 Å². The van der Waals surface area contributed by atoms with Crippen molar-refractivity contribution in [2.24, 2.45) is 10.8 Å². The molecular formula is C18H20IN3O5. The third-order valence-electron chi connectivity index (χ3n) is 3.28. The van der Waals surface area contributed by atoms with Gasteiger partial charge in [0.2, 0.25) is 0 Å². The number of methoxy groups -OCH3 is 2. The van der Waals surface area contributed by atoms with E-state index in [9.17, 15) is 4.79 Å². The molecule has 2 aromatic rings. The maximum atomic E-state index is 10.7. The first kappa shape index (κ1) is 20.6. The largest absolute Gasteiger partial charge is 0.497 e. The number of urea groups is 1. The SMILES string of the molecule is COc1cccc(OCCOc2c(I)cc(C=NNC(N)=O)cc2OC)c1. The van der Waals surface area contributed by atoms with Gasteiger partial charge in [-0.05, 0) is 52.4 Å². The molecule has 2 rings (SSSR count). The summed E-state index contributed by atoms with van der Waals surface area (Å²) in [6.07, 6.45) is 1.46. The summed E-state index contributed by atoms with van der Waals surface area (Å²) in [5.41, 5.74) is 7.83. The van der Waals surface area contributed by atoms with Crippen LogP contribution < -0.4 is 30.1 Å². The Morgan fingerprint density at radius 2 is 1.89 bits per heavy atom. The Labute approximate surface area is 170 Å². The molecule has 0 aliphatic carbocycles. The summed E-state index contributed by atoms with van der Waals surface area (Å²) >= 11 is 2.14. The van der Waals surface area contributed by atoms with E-state index in [1.807, 2.05) is 24.3 Å². The number of primary amides is 1. The van der Waals surface area contributed by atoms with E-state index < -0.39 is 6.03 Å². The van der Waals surface area contributed by atoms with Crippen molar-refractivity contribution in [2.75, 3.05) is 27.4 Å². The van der Waals surface area contributed by atoms with Crippen LogP contribution >= 0.6 is 22.6 Å². The van der Waals surface area contributed by atoms with Crippen LogP contribution in [0.25, 0.3) is 0 Å². The van der Waals surface area contributed by atoms with Gasteiger partial charge in [-0.2, -0.15) is 5.10 Å². The van der Waals surface area contributed by atoms with Crippen LogP contribution in [-0.4, -0.2) is 39.7 Å². The summed E-state index contributed by atoms with van der Waals surface area (Å²) in [4.78, 5) is 10.7. The van der Waals surface area contributed by atoms with Gasteiger partial charge in [-0.1, -0.05) is 6.07 Å². The normalized spacial score (nSPS) is 10.5. The zero-order valence-electron chi connectivity index (χ0n) is 14.9. The highest BCUT2D eigenvalue weighted by atomic mass is 127. The molecule has 0 spiro atoms. The molecular weight excluding hydrogens is 465 g/mol. The Bertz CT molecular complexity index is 814. The smallest absolute Gasteiger partial charge is 0.332 e. The van der Waals surface area contributed by atoms with Crippen LogP contribution in [0.1, 0.15) is 5.56 Å². The second-order valence-electron chi connectivity index (χ2n) is 5.14. The zero-order valence-corrected chi connectivity index (χ0v) is 17.1. The summed E-state index contributed by atoms with van der Waals surface area (Å²) in [6, 6.07) is 10.2. The number of hydrazone groups is 1. The number of rotatable bonds is 9. The molecule has 0 aliphatic rings. The highest BCUT2D eigenvalue weighted by molar-refractivity contribution is 14.1. The van der Waals surface area contributed by atoms with Gasteiger partial charge in [-0.15, -0.1) is 0 Å². The minimum absolute atomic E-state index is 0.334. The number of nitrogens with one attached hydrogen (secondary N) is 1. The molecule has 2 amide bonds. The number of carbonyl (C=O) groups is 1. The molecule has 3 N–H and O–H groups in total. The highest BCUT2D eigenvalue weighted by Gasteiger charge is 2.11. The lowest BCUT2D eigenvalue weighted by molar-refractivity contribution is 0.210. The third kappa shape index (κ3) is 6.51. The maximum absolute atomic E-state index is 10.7. The summed E-state index contributed by atoms with van der Waals surface area (Å²) in [6.45, 7) is 0.693. The molecule has 2 aromatic carbocycles. The Balaban J connectivity index is 1.96. The Hall–Kier alpha value is -2.69. The van der Waals surface area contributed by atoms with E-state index in [4.69, 9.17) is 24.7 Å². The molecule has 0 aromatic heterocycles. The van der Waals surface area contributed by atoms with E-state index in [1.54, 1.807) is 26.4 Å². The molecule has 144 valence electrons. The molecule has 0 fully saturated rings. The van der Waals surface area contributed by atoms with Crippen molar-refractivity contribution in [2.45, 2.75) is 0 Å². The number of carbonyl (C=O) groups excluding carboxylic acids is 1. The van der Waals surface area contributed by atoms with Gasteiger partial charge in [0.05, 0.1) is 24.0 Å². The number of halogens is 1. The van der Waals surface area contributed by atoms with Gasteiger partial charge in [0.15, 0.2) is 11.5 Å². The van der Waals surface area contributed by atoms with Crippen LogP contribution in [0, 0.1) is 3.57 Å². The number of benzene rings is 2. The topological polar surface area (TPSA) is 104 Å². The van der Waals surface area contributed by atoms with Crippen LogP contribution in [0.15, 0.2) is 41.5 Å². The molecule has 0 aliphatic heterocycles. The number of nitrogens with two attached hydrogens (primary N) is 1. The van der Waals surface area contributed by atoms with Crippen molar-refractivity contribution in [3.05, 3.63) is 45.5 Å². The van der Waals surface area contributed by atoms with Gasteiger partial charge in [0.25, 0.3) is 0 Å². The molecule has 0 radical (unpaired) electrons. The van der Waals surface area contributed by atoms with Crippen LogP contribution in [-0.2, 0) is 0 Å². The van der Waals surface area contributed by atoms with Crippen molar-refractivity contribution in [3.63, 3.8) is 0 Å². The van der Waals surface area contributed by atoms with Crippen molar-refractivity contribution < 1.29 is 23.7 Å². The maximum Gasteiger partial charge on any atom is 0.332 e. The predicted molar refractivity (Wildman–Crippen MR) is 110 cm³/mol. The van der Waals surface area contributed by atoms with Gasteiger partial charge in [-0.3, -0.25) is 0 Å². The lowest BCUT2D eigenvalue weighted by Crippen LogP contribution is -2.24. The molecule has 9 heteroatoms. The minimum Gasteiger partial charge on any atom is -0.497 e. The number of nitrogens with zero attached hydrogens (tertiary/aromatic N) is 1. The average Bonchev–Trinajstić information content (AvgIpc) is 2.66. The molecule has 8 nitrogen and oxygen atoms in total. The fourth-order valence-corrected chi connectivity index (χ4v) is 2.90. The summed E-state index contributed by atoms with van der Waals surface area (Å²) in [5.74, 6) is 2.58. The first-order valence-corrected chi connectivity index (χ1v) is 8.97. The molecule has 0 bridgehead atoms. The predicted octanol–water partition coefficient (Wildman–Crippen LogP) is 2.77. The van der Waals surface area contributed by atoms with E-state index in [0.717, 1.165) is 14.9 Å². The summed E-state index contributed by atoms with van der Waals surface area (Å²) in [5, 5.41) is 3.73. The summed E-state index contributed by atoms with van der Waals surface area (Å²) in [7, 11) is 3.16. The molecule has 0 heterocycles. The Morgan fingerprint density at radius 3 is 2.59 bits per heavy atom. The van der Waals surface area contributed by atoms with E-state index in [2.05, 4.69) is 33.1 Å². The second kappa shape index (κ2) is 10.5. The van der Waals surface area contributed by atoms with Gasteiger partial charge in [0.1, 0.15) is 24.7 Å². The molecule has 0 unspecified atom stereocenters. The van der Waals surface area contributed by atoms with Crippen molar-refractivity contribution in [1.82, 2.24) is 5.43 Å². The molecule has 0 atom stereocenters. The Morgan fingerprint density at radius 1 is 1.15 bits per heavy atom. The zero-order chi connectivity index (χ0) is 19.6. The quantitative estimate of drug-likeness (QED) is 0.246. The number of hydrogen-bond donors (Lipinski definition) is 2. The second-order valence-corrected chi connectivity index (χ2v) is 6.31. The highest BCUT2D eigenvalue weighted by Crippen LogP contribution is 2.33. The van der Waals surface area contributed by atoms with Crippen LogP contribution in [0.3, 0.4) is 0 Å². The third-order valence-corrected chi connectivity index (χ3v) is 4.08. The van der Waals surface area contributed by atoms with Gasteiger partial charge in [-0.25, -0.2) is 10.2 Å². The Kier molecular flexibility index (Phi) is 7.99. The first-order valence-electron chi connectivity index (χ1n) is 7.89. The van der Waals surface area contributed by atoms with Crippen molar-refractivity contribution >= 4 is 34.8 Å². The standard InChI is InChI=1S/C18H20IN3O5/c1-24-13-4-3-5-14(10-13)26-6-7-27-17-15(19)8-12(9-16(17)25-2)11-21-22-18(20)23/h3-5,8-11H,6-7H2,1-2H3,(H3,20,22,23). The monoisotopic (exact) mass is 485 g/mol. The van der Waals surface area contributed by atoms with Crippen molar-refractivity contribution in [3.8, 4) is 23.0 Å². The fourth-order valence-electron chi connectivity index (χ4n) is 2.12. The average molecular weight is 485 g/mol. The van der Waals surface area contributed by atoms with Crippen molar-refractivity contribution in [1.29, 1.82) is 0 Å². The first-order chi connectivity index (χ1) is 13.0. The van der Waals surface area contributed by atoms with Crippen LogP contribution in [0.5, 0.6) is 23.0 Å².